The van der Waals surface area contributed by atoms with Gasteiger partial charge in [-0.2, -0.15) is 13.2 Å². The van der Waals surface area contributed by atoms with Crippen molar-refractivity contribution in [3.8, 4) is 0 Å². The predicted molar refractivity (Wildman–Crippen MR) is 70.7 cm³/mol. The van der Waals surface area contributed by atoms with Crippen molar-refractivity contribution in [1.29, 1.82) is 0 Å². The van der Waals surface area contributed by atoms with Crippen LogP contribution in [-0.2, 0) is 10.9 Å². The molecule has 0 heterocycles. The summed E-state index contributed by atoms with van der Waals surface area (Å²) in [6, 6.07) is 3.77. The minimum absolute atomic E-state index is 0.294. The fourth-order valence-corrected chi connectivity index (χ4v) is 1.69. The molecule has 0 aliphatic rings. The van der Waals surface area contributed by atoms with E-state index in [2.05, 4.69) is 12.2 Å². The predicted octanol–water partition coefficient (Wildman–Crippen LogP) is 4.59. The third-order valence-electron chi connectivity index (χ3n) is 2.49. The van der Waals surface area contributed by atoms with Gasteiger partial charge in [0.25, 0.3) is 0 Å². The Morgan fingerprint density at radius 3 is 2.63 bits per heavy atom. The molecule has 108 valence electrons. The largest absolute Gasteiger partial charge is 0.417 e. The molecular formula is C13H17ClF3NO. The molecule has 0 radical (unpaired) electrons. The maximum absolute atomic E-state index is 12.6. The summed E-state index contributed by atoms with van der Waals surface area (Å²) < 4.78 is 43.2. The normalized spacial score (nSPS) is 11.6. The van der Waals surface area contributed by atoms with Crippen LogP contribution >= 0.6 is 11.6 Å². The second-order valence-corrected chi connectivity index (χ2v) is 4.49. The number of benzene rings is 1. The van der Waals surface area contributed by atoms with Crippen molar-refractivity contribution in [2.24, 2.45) is 0 Å². The van der Waals surface area contributed by atoms with Crippen LogP contribution in [0.3, 0.4) is 0 Å². The molecule has 19 heavy (non-hydrogen) atoms. The average molecular weight is 296 g/mol. The van der Waals surface area contributed by atoms with E-state index in [1.807, 2.05) is 0 Å². The fraction of sp³-hybridized carbons (Fsp3) is 0.538. The molecule has 2 nitrogen and oxygen atoms in total. The van der Waals surface area contributed by atoms with Crippen LogP contribution in [0.5, 0.6) is 0 Å². The number of anilines is 1. The minimum atomic E-state index is -4.44. The van der Waals surface area contributed by atoms with Gasteiger partial charge in [-0.05, 0) is 24.6 Å². The van der Waals surface area contributed by atoms with Crippen molar-refractivity contribution in [3.05, 3.63) is 28.8 Å². The van der Waals surface area contributed by atoms with E-state index in [0.717, 1.165) is 18.9 Å². The van der Waals surface area contributed by atoms with Crippen LogP contribution in [0.1, 0.15) is 25.3 Å². The van der Waals surface area contributed by atoms with Gasteiger partial charge in [-0.3, -0.25) is 0 Å². The van der Waals surface area contributed by atoms with Crippen LogP contribution in [0.4, 0.5) is 18.9 Å². The van der Waals surface area contributed by atoms with E-state index in [9.17, 15) is 13.2 Å². The zero-order valence-electron chi connectivity index (χ0n) is 10.7. The summed E-state index contributed by atoms with van der Waals surface area (Å²) in [7, 11) is 0. The van der Waals surface area contributed by atoms with Gasteiger partial charge in [-0.1, -0.05) is 24.9 Å². The van der Waals surface area contributed by atoms with Crippen molar-refractivity contribution < 1.29 is 17.9 Å². The first-order valence-corrected chi connectivity index (χ1v) is 6.51. The molecular weight excluding hydrogens is 279 g/mol. The van der Waals surface area contributed by atoms with E-state index in [1.165, 1.54) is 12.1 Å². The fourth-order valence-electron chi connectivity index (χ4n) is 1.47. The summed E-state index contributed by atoms with van der Waals surface area (Å²) in [4.78, 5) is 0. The number of unbranched alkanes of at least 4 members (excludes halogenated alkanes) is 1. The van der Waals surface area contributed by atoms with Gasteiger partial charge in [0.05, 0.1) is 17.2 Å². The SMILES string of the molecule is CCCCOCCNc1ccc(Cl)c(C(F)(F)F)c1. The first-order chi connectivity index (χ1) is 8.95. The number of halogens is 4. The van der Waals surface area contributed by atoms with Crippen molar-refractivity contribution in [1.82, 2.24) is 0 Å². The molecule has 6 heteroatoms. The van der Waals surface area contributed by atoms with Gasteiger partial charge in [0, 0.05) is 18.8 Å². The Kier molecular flexibility index (Phi) is 6.45. The molecule has 0 spiro atoms. The number of hydrogen-bond donors (Lipinski definition) is 1. The second-order valence-electron chi connectivity index (χ2n) is 4.09. The lowest BCUT2D eigenvalue weighted by molar-refractivity contribution is -0.137. The van der Waals surface area contributed by atoms with Gasteiger partial charge in [0.2, 0.25) is 0 Å². The summed E-state index contributed by atoms with van der Waals surface area (Å²) in [6.45, 7) is 3.66. The van der Waals surface area contributed by atoms with E-state index >= 15 is 0 Å². The van der Waals surface area contributed by atoms with E-state index in [0.29, 0.717) is 25.4 Å². The Labute approximate surface area is 115 Å². The van der Waals surface area contributed by atoms with Gasteiger partial charge in [0.1, 0.15) is 0 Å². The van der Waals surface area contributed by atoms with Gasteiger partial charge >= 0.3 is 6.18 Å². The highest BCUT2D eigenvalue weighted by molar-refractivity contribution is 6.31. The van der Waals surface area contributed by atoms with E-state index < -0.39 is 11.7 Å². The molecule has 0 bridgehead atoms. The molecule has 1 aromatic carbocycles. The number of alkyl halides is 3. The molecule has 0 fully saturated rings. The van der Waals surface area contributed by atoms with Crippen LogP contribution in [0.2, 0.25) is 5.02 Å². The highest BCUT2D eigenvalue weighted by atomic mass is 35.5. The highest BCUT2D eigenvalue weighted by Crippen LogP contribution is 2.36. The van der Waals surface area contributed by atoms with Crippen LogP contribution < -0.4 is 5.32 Å². The van der Waals surface area contributed by atoms with Gasteiger partial charge in [0.15, 0.2) is 0 Å². The maximum atomic E-state index is 12.6. The molecule has 0 saturated carbocycles. The van der Waals surface area contributed by atoms with E-state index in [4.69, 9.17) is 16.3 Å². The van der Waals surface area contributed by atoms with E-state index in [-0.39, 0.29) is 5.02 Å². The number of rotatable bonds is 7. The number of ether oxygens (including phenoxy) is 1. The summed E-state index contributed by atoms with van der Waals surface area (Å²) in [5.74, 6) is 0. The van der Waals surface area contributed by atoms with Gasteiger partial charge < -0.3 is 10.1 Å². The molecule has 1 rings (SSSR count). The summed E-state index contributed by atoms with van der Waals surface area (Å²) in [5, 5.41) is 2.58. The van der Waals surface area contributed by atoms with Crippen LogP contribution in [0.25, 0.3) is 0 Å². The Bertz CT molecular complexity index is 396. The lowest BCUT2D eigenvalue weighted by Gasteiger charge is -2.12. The molecule has 0 aliphatic carbocycles. The molecule has 0 aliphatic heterocycles. The van der Waals surface area contributed by atoms with E-state index in [1.54, 1.807) is 0 Å². The van der Waals surface area contributed by atoms with Crippen molar-refractivity contribution in [2.75, 3.05) is 25.1 Å². The average Bonchev–Trinajstić information content (AvgIpc) is 2.34. The van der Waals surface area contributed by atoms with Crippen LogP contribution in [0, 0.1) is 0 Å². The maximum Gasteiger partial charge on any atom is 0.417 e. The zero-order valence-corrected chi connectivity index (χ0v) is 11.4. The Morgan fingerprint density at radius 2 is 2.00 bits per heavy atom. The summed E-state index contributed by atoms with van der Waals surface area (Å²) in [6.07, 6.45) is -2.40. The lowest BCUT2D eigenvalue weighted by atomic mass is 10.2. The molecule has 0 atom stereocenters. The first-order valence-electron chi connectivity index (χ1n) is 6.13. The summed E-state index contributed by atoms with van der Waals surface area (Å²) in [5.41, 5.74) is -0.443. The van der Waals surface area contributed by atoms with Gasteiger partial charge in [-0.25, -0.2) is 0 Å². The molecule has 1 aromatic rings. The molecule has 0 amide bonds. The van der Waals surface area contributed by atoms with Crippen molar-refractivity contribution in [3.63, 3.8) is 0 Å². The van der Waals surface area contributed by atoms with Crippen molar-refractivity contribution >= 4 is 17.3 Å². The van der Waals surface area contributed by atoms with Crippen molar-refractivity contribution in [2.45, 2.75) is 25.9 Å². The molecule has 0 saturated heterocycles. The first kappa shape index (κ1) is 16.1. The standard InChI is InChI=1S/C13H17ClF3NO/c1-2-3-7-19-8-6-18-10-4-5-12(14)11(9-10)13(15,16)17/h4-5,9,18H,2-3,6-8H2,1H3. The molecule has 0 aromatic heterocycles. The monoisotopic (exact) mass is 295 g/mol. The highest BCUT2D eigenvalue weighted by Gasteiger charge is 2.33. The Morgan fingerprint density at radius 1 is 1.26 bits per heavy atom. The van der Waals surface area contributed by atoms with Crippen LogP contribution in [0.15, 0.2) is 18.2 Å². The Balaban J connectivity index is 2.47. The smallest absolute Gasteiger partial charge is 0.383 e. The van der Waals surface area contributed by atoms with Crippen LogP contribution in [-0.4, -0.2) is 19.8 Å². The topological polar surface area (TPSA) is 21.3 Å². The Hall–Kier alpha value is -0.940. The summed E-state index contributed by atoms with van der Waals surface area (Å²) >= 11 is 5.53. The molecule has 1 N–H and O–H groups in total. The quantitative estimate of drug-likeness (QED) is 0.743. The minimum Gasteiger partial charge on any atom is -0.383 e. The number of nitrogens with one attached hydrogen (secondary N) is 1. The number of hydrogen-bond acceptors (Lipinski definition) is 2. The lowest BCUT2D eigenvalue weighted by Crippen LogP contribution is -2.11. The molecule has 0 unspecified atom stereocenters. The second kappa shape index (κ2) is 7.60. The zero-order chi connectivity index (χ0) is 14.3. The van der Waals surface area contributed by atoms with Gasteiger partial charge in [-0.15, -0.1) is 0 Å². The third kappa shape index (κ3) is 5.70. The third-order valence-corrected chi connectivity index (χ3v) is 2.82.